The summed E-state index contributed by atoms with van der Waals surface area (Å²) < 4.78 is 6.85. The normalized spacial score (nSPS) is 20.2. The highest BCUT2D eigenvalue weighted by atomic mass is 79.9. The van der Waals surface area contributed by atoms with Crippen molar-refractivity contribution in [1.82, 2.24) is 4.90 Å². The van der Waals surface area contributed by atoms with Gasteiger partial charge >= 0.3 is 0 Å². The molecule has 1 aliphatic heterocycles. The van der Waals surface area contributed by atoms with Gasteiger partial charge in [-0.25, -0.2) is 0 Å². The summed E-state index contributed by atoms with van der Waals surface area (Å²) in [6.07, 6.45) is 2.69. The maximum absolute atomic E-state index is 5.96. The van der Waals surface area contributed by atoms with Crippen LogP contribution in [0.1, 0.15) is 30.7 Å². The summed E-state index contributed by atoms with van der Waals surface area (Å²) in [4.78, 5) is 3.85. The first-order chi connectivity index (χ1) is 8.74. The molecule has 0 bridgehead atoms. The minimum Gasteiger partial charge on any atom is -0.378 e. The van der Waals surface area contributed by atoms with Crippen molar-refractivity contribution in [3.63, 3.8) is 0 Å². The van der Waals surface area contributed by atoms with Gasteiger partial charge in [-0.2, -0.15) is 0 Å². The Balaban J connectivity index is 1.94. The van der Waals surface area contributed by atoms with Crippen molar-refractivity contribution in [2.45, 2.75) is 31.9 Å². The van der Waals surface area contributed by atoms with E-state index in [2.05, 4.69) is 39.2 Å². The van der Waals surface area contributed by atoms with Crippen LogP contribution in [0.5, 0.6) is 0 Å². The fourth-order valence-electron chi connectivity index (χ4n) is 2.54. The molecule has 2 N–H and O–H groups in total. The second-order valence-electron chi connectivity index (χ2n) is 4.61. The number of hydrogen-bond acceptors (Lipinski definition) is 4. The molecule has 5 heteroatoms. The fourth-order valence-corrected chi connectivity index (χ4v) is 4.13. The number of halogens is 1. The number of piperidine rings is 1. The lowest BCUT2D eigenvalue weighted by atomic mass is 10.0. The summed E-state index contributed by atoms with van der Waals surface area (Å²) in [7, 11) is 0. The molecule has 1 fully saturated rings. The molecule has 0 amide bonds. The van der Waals surface area contributed by atoms with E-state index in [0.717, 1.165) is 37.0 Å². The van der Waals surface area contributed by atoms with E-state index in [1.165, 1.54) is 4.88 Å². The van der Waals surface area contributed by atoms with Crippen LogP contribution in [0.4, 0.5) is 0 Å². The number of hydrogen-bond donors (Lipinski definition) is 1. The van der Waals surface area contributed by atoms with Crippen LogP contribution in [0.25, 0.3) is 0 Å². The Bertz CT molecular complexity index is 364. The predicted molar refractivity (Wildman–Crippen MR) is 80.0 cm³/mol. The second kappa shape index (κ2) is 7.01. The van der Waals surface area contributed by atoms with Gasteiger partial charge in [0.05, 0.1) is 12.1 Å². The van der Waals surface area contributed by atoms with Crippen molar-refractivity contribution in [3.8, 4) is 0 Å². The molecular formula is C13H21BrN2OS. The van der Waals surface area contributed by atoms with Crippen molar-refractivity contribution in [2.75, 3.05) is 26.2 Å². The van der Waals surface area contributed by atoms with Crippen molar-refractivity contribution in [3.05, 3.63) is 20.8 Å². The fraction of sp³-hybridized carbons (Fsp3) is 0.692. The molecule has 1 atom stereocenters. The molecule has 0 aliphatic carbocycles. The highest BCUT2D eigenvalue weighted by molar-refractivity contribution is 9.10. The maximum atomic E-state index is 5.96. The van der Waals surface area contributed by atoms with Gasteiger partial charge in [0.25, 0.3) is 0 Å². The molecule has 0 saturated carbocycles. The summed E-state index contributed by atoms with van der Waals surface area (Å²) in [6, 6.07) is 2.56. The molecule has 18 heavy (non-hydrogen) atoms. The second-order valence-corrected chi connectivity index (χ2v) is 6.47. The van der Waals surface area contributed by atoms with Gasteiger partial charge in [0, 0.05) is 41.0 Å². The van der Waals surface area contributed by atoms with Gasteiger partial charge in [0.15, 0.2) is 0 Å². The summed E-state index contributed by atoms with van der Waals surface area (Å²) >= 11 is 5.30. The van der Waals surface area contributed by atoms with Crippen molar-refractivity contribution in [1.29, 1.82) is 0 Å². The topological polar surface area (TPSA) is 38.5 Å². The lowest BCUT2D eigenvalue weighted by Crippen LogP contribution is -2.41. The van der Waals surface area contributed by atoms with Crippen LogP contribution < -0.4 is 5.73 Å². The summed E-state index contributed by atoms with van der Waals surface area (Å²) in [5, 5.41) is 2.13. The Morgan fingerprint density at radius 3 is 2.78 bits per heavy atom. The van der Waals surface area contributed by atoms with Gasteiger partial charge in [0.2, 0.25) is 0 Å². The molecule has 102 valence electrons. The minimum atomic E-state index is 0.365. The zero-order valence-electron chi connectivity index (χ0n) is 10.8. The minimum absolute atomic E-state index is 0.365. The van der Waals surface area contributed by atoms with Crippen LogP contribution >= 0.6 is 27.3 Å². The molecule has 2 rings (SSSR count). The SMILES string of the molecule is CCOC1CCN(C(CN)c2cc(Br)cs2)CC1. The molecule has 1 aromatic heterocycles. The number of nitrogens with zero attached hydrogens (tertiary/aromatic N) is 1. The standard InChI is InChI=1S/C13H21BrN2OS/c1-2-17-11-3-5-16(6-4-11)12(8-15)13-7-10(14)9-18-13/h7,9,11-12H,2-6,8,15H2,1H3. The van der Waals surface area contributed by atoms with Crippen LogP contribution in [-0.4, -0.2) is 37.2 Å². The zero-order valence-corrected chi connectivity index (χ0v) is 13.2. The third-order valence-electron chi connectivity index (χ3n) is 3.46. The molecule has 1 saturated heterocycles. The number of rotatable bonds is 5. The highest BCUT2D eigenvalue weighted by Crippen LogP contribution is 2.31. The van der Waals surface area contributed by atoms with Crippen LogP contribution in [0, 0.1) is 0 Å². The lowest BCUT2D eigenvalue weighted by molar-refractivity contribution is 0.00488. The third kappa shape index (κ3) is 3.54. The van der Waals surface area contributed by atoms with Gasteiger partial charge in [-0.3, -0.25) is 4.90 Å². The van der Waals surface area contributed by atoms with E-state index in [9.17, 15) is 0 Å². The summed E-state index contributed by atoms with van der Waals surface area (Å²) in [5.41, 5.74) is 5.96. The molecule has 0 radical (unpaired) electrons. The summed E-state index contributed by atoms with van der Waals surface area (Å²) in [6.45, 7) is 5.75. The monoisotopic (exact) mass is 332 g/mol. The molecule has 0 aromatic carbocycles. The predicted octanol–water partition coefficient (Wildman–Crippen LogP) is 3.01. The molecule has 3 nitrogen and oxygen atoms in total. The highest BCUT2D eigenvalue weighted by Gasteiger charge is 2.26. The Kier molecular flexibility index (Phi) is 5.63. The largest absolute Gasteiger partial charge is 0.378 e. The van der Waals surface area contributed by atoms with Crippen LogP contribution in [-0.2, 0) is 4.74 Å². The van der Waals surface area contributed by atoms with E-state index in [0.29, 0.717) is 18.7 Å². The number of ether oxygens (including phenoxy) is 1. The Hall–Kier alpha value is 0.0600. The average molecular weight is 333 g/mol. The smallest absolute Gasteiger partial charge is 0.0599 e. The number of likely N-dealkylation sites (tertiary alicyclic amines) is 1. The third-order valence-corrected chi connectivity index (χ3v) is 5.25. The zero-order chi connectivity index (χ0) is 13.0. The van der Waals surface area contributed by atoms with Crippen molar-refractivity contribution >= 4 is 27.3 Å². The van der Waals surface area contributed by atoms with E-state index in [1.807, 2.05) is 0 Å². The van der Waals surface area contributed by atoms with E-state index < -0.39 is 0 Å². The first-order valence-electron chi connectivity index (χ1n) is 6.54. The van der Waals surface area contributed by atoms with E-state index in [4.69, 9.17) is 10.5 Å². The summed E-state index contributed by atoms with van der Waals surface area (Å²) in [5.74, 6) is 0. The molecule has 1 aliphatic rings. The van der Waals surface area contributed by atoms with Crippen LogP contribution in [0.2, 0.25) is 0 Å². The average Bonchev–Trinajstić information content (AvgIpc) is 2.79. The lowest BCUT2D eigenvalue weighted by Gasteiger charge is -2.36. The van der Waals surface area contributed by atoms with Gasteiger partial charge in [-0.1, -0.05) is 0 Å². The Labute approximate surface area is 121 Å². The van der Waals surface area contributed by atoms with Crippen molar-refractivity contribution in [2.24, 2.45) is 5.73 Å². The number of nitrogens with two attached hydrogens (primary N) is 1. The maximum Gasteiger partial charge on any atom is 0.0599 e. The Morgan fingerprint density at radius 1 is 1.56 bits per heavy atom. The number of thiophene rings is 1. The molecule has 2 heterocycles. The first kappa shape index (κ1) is 14.5. The molecule has 1 unspecified atom stereocenters. The van der Waals surface area contributed by atoms with Gasteiger partial charge in [-0.15, -0.1) is 11.3 Å². The molecule has 0 spiro atoms. The Morgan fingerprint density at radius 2 is 2.28 bits per heavy atom. The quantitative estimate of drug-likeness (QED) is 0.900. The van der Waals surface area contributed by atoms with Crippen LogP contribution in [0.3, 0.4) is 0 Å². The van der Waals surface area contributed by atoms with Gasteiger partial charge in [0.1, 0.15) is 0 Å². The van der Waals surface area contributed by atoms with Crippen LogP contribution in [0.15, 0.2) is 15.9 Å². The molecule has 1 aromatic rings. The molecular weight excluding hydrogens is 312 g/mol. The van der Waals surface area contributed by atoms with E-state index >= 15 is 0 Å². The van der Waals surface area contributed by atoms with E-state index in [-0.39, 0.29) is 0 Å². The van der Waals surface area contributed by atoms with Crippen molar-refractivity contribution < 1.29 is 4.74 Å². The first-order valence-corrected chi connectivity index (χ1v) is 8.21. The van der Waals surface area contributed by atoms with Gasteiger partial charge < -0.3 is 10.5 Å². The van der Waals surface area contributed by atoms with E-state index in [1.54, 1.807) is 11.3 Å². The van der Waals surface area contributed by atoms with Gasteiger partial charge in [-0.05, 0) is 41.8 Å².